The lowest BCUT2D eigenvalue weighted by molar-refractivity contribution is -0.645. The normalized spacial score (nSPS) is 17.7. The zero-order chi connectivity index (χ0) is 16.1. The van der Waals surface area contributed by atoms with Gasteiger partial charge in [0.15, 0.2) is 6.20 Å². The third-order valence-electron chi connectivity index (χ3n) is 3.04. The molecule has 1 aromatic rings. The molecule has 1 aliphatic heterocycles. The van der Waals surface area contributed by atoms with Crippen molar-refractivity contribution in [3.8, 4) is 0 Å². The first-order valence-electron chi connectivity index (χ1n) is 6.79. The molecule has 7 nitrogen and oxygen atoms in total. The van der Waals surface area contributed by atoms with E-state index in [4.69, 9.17) is 4.74 Å². The quantitative estimate of drug-likeness (QED) is 0.364. The number of thioether (sulfide) groups is 1. The van der Waals surface area contributed by atoms with E-state index in [1.54, 1.807) is 32.0 Å². The number of ether oxygens (including phenoxy) is 1. The molecule has 1 atom stereocenters. The first kappa shape index (κ1) is 16.2. The highest BCUT2D eigenvalue weighted by Crippen LogP contribution is 2.21. The molecule has 0 saturated carbocycles. The van der Waals surface area contributed by atoms with E-state index in [1.165, 1.54) is 18.0 Å². The molecule has 1 aliphatic rings. The van der Waals surface area contributed by atoms with Crippen LogP contribution in [-0.4, -0.2) is 30.4 Å². The van der Waals surface area contributed by atoms with Gasteiger partial charge in [-0.05, 0) is 19.9 Å². The molecule has 2 N–H and O–H groups in total. The Labute approximate surface area is 132 Å². The van der Waals surface area contributed by atoms with Crippen LogP contribution in [0.2, 0.25) is 0 Å². The van der Waals surface area contributed by atoms with E-state index in [-0.39, 0.29) is 12.6 Å². The van der Waals surface area contributed by atoms with Gasteiger partial charge in [-0.25, -0.2) is 9.59 Å². The van der Waals surface area contributed by atoms with Crippen LogP contribution < -0.4 is 15.4 Å². The van der Waals surface area contributed by atoms with Gasteiger partial charge in [0, 0.05) is 23.6 Å². The van der Waals surface area contributed by atoms with Gasteiger partial charge >= 0.3 is 12.0 Å². The monoisotopic (exact) mass is 323 g/mol. The molecule has 8 heteroatoms. The molecule has 0 saturated heterocycles. The maximum absolute atomic E-state index is 12.1. The molecular weight excluding hydrogens is 306 g/mol. The fourth-order valence-corrected chi connectivity index (χ4v) is 3.04. The lowest BCUT2D eigenvalue weighted by Crippen LogP contribution is -2.51. The number of pyridine rings is 1. The van der Waals surface area contributed by atoms with Crippen LogP contribution in [-0.2, 0) is 9.53 Å². The molecule has 1 aromatic heterocycles. The van der Waals surface area contributed by atoms with Crippen LogP contribution in [0.4, 0.5) is 4.79 Å². The number of urea groups is 1. The predicted octanol–water partition coefficient (Wildman–Crippen LogP) is 0.931. The molecule has 0 aliphatic carbocycles. The minimum atomic E-state index is -0.516. The van der Waals surface area contributed by atoms with Crippen LogP contribution in [0.1, 0.15) is 13.8 Å². The standard InChI is InChI=1S/C14H17N3O4S/c1-3-21-13(18)12-9(2)15-14(19)16-10(12)8-22-11-6-4-5-7-17(11)20/h4-7,10H,3,8H2,1-2H3,(H2,15,16,19)/t10-/m0/s1. The summed E-state index contributed by atoms with van der Waals surface area (Å²) >= 11 is 1.26. The molecule has 2 rings (SSSR count). The lowest BCUT2D eigenvalue weighted by Gasteiger charge is -2.27. The van der Waals surface area contributed by atoms with Gasteiger partial charge in [0.2, 0.25) is 0 Å². The predicted molar refractivity (Wildman–Crippen MR) is 80.9 cm³/mol. The van der Waals surface area contributed by atoms with Gasteiger partial charge in [-0.2, -0.15) is 4.73 Å². The summed E-state index contributed by atoms with van der Waals surface area (Å²) in [7, 11) is 0. The number of aromatic nitrogens is 1. The maximum Gasteiger partial charge on any atom is 0.337 e. The number of amides is 2. The third kappa shape index (κ3) is 3.70. The average molecular weight is 323 g/mol. The van der Waals surface area contributed by atoms with Crippen LogP contribution >= 0.6 is 11.8 Å². The minimum Gasteiger partial charge on any atom is -0.618 e. The largest absolute Gasteiger partial charge is 0.618 e. The Morgan fingerprint density at radius 3 is 2.95 bits per heavy atom. The second-order valence-electron chi connectivity index (χ2n) is 4.59. The fraction of sp³-hybridized carbons (Fsp3) is 0.357. The smallest absolute Gasteiger partial charge is 0.337 e. The summed E-state index contributed by atoms with van der Waals surface area (Å²) in [5.41, 5.74) is 0.846. The maximum atomic E-state index is 12.1. The zero-order valence-electron chi connectivity index (χ0n) is 12.3. The highest BCUT2D eigenvalue weighted by Gasteiger charge is 2.31. The van der Waals surface area contributed by atoms with Crippen LogP contribution in [0.5, 0.6) is 0 Å². The van der Waals surface area contributed by atoms with Crippen LogP contribution in [0, 0.1) is 5.21 Å². The first-order chi connectivity index (χ1) is 10.5. The first-order valence-corrected chi connectivity index (χ1v) is 7.78. The molecule has 118 valence electrons. The van der Waals surface area contributed by atoms with Crippen molar-refractivity contribution in [2.24, 2.45) is 0 Å². The van der Waals surface area contributed by atoms with E-state index in [0.717, 1.165) is 4.73 Å². The average Bonchev–Trinajstić information content (AvgIpc) is 2.46. The fourth-order valence-electron chi connectivity index (χ4n) is 2.09. The van der Waals surface area contributed by atoms with Gasteiger partial charge < -0.3 is 20.6 Å². The van der Waals surface area contributed by atoms with Gasteiger partial charge in [0.05, 0.1) is 18.2 Å². The number of nitrogens with one attached hydrogen (secondary N) is 2. The second kappa shape index (κ2) is 7.17. The van der Waals surface area contributed by atoms with E-state index in [9.17, 15) is 14.8 Å². The van der Waals surface area contributed by atoms with E-state index < -0.39 is 12.0 Å². The van der Waals surface area contributed by atoms with E-state index in [0.29, 0.717) is 22.0 Å². The number of esters is 1. The van der Waals surface area contributed by atoms with E-state index >= 15 is 0 Å². The zero-order valence-corrected chi connectivity index (χ0v) is 13.1. The number of allylic oxidation sites excluding steroid dienone is 1. The highest BCUT2D eigenvalue weighted by atomic mass is 32.2. The third-order valence-corrected chi connectivity index (χ3v) is 4.15. The molecule has 0 radical (unpaired) electrons. The summed E-state index contributed by atoms with van der Waals surface area (Å²) in [4.78, 5) is 23.7. The number of rotatable bonds is 5. The van der Waals surface area contributed by atoms with Crippen molar-refractivity contribution in [3.63, 3.8) is 0 Å². The number of hydrogen-bond acceptors (Lipinski definition) is 5. The molecule has 0 aromatic carbocycles. The van der Waals surface area contributed by atoms with Crippen LogP contribution in [0.25, 0.3) is 0 Å². The van der Waals surface area contributed by atoms with Crippen molar-refractivity contribution in [1.29, 1.82) is 0 Å². The minimum absolute atomic E-state index is 0.253. The summed E-state index contributed by atoms with van der Waals surface area (Å²) in [6, 6.07) is 4.18. The molecule has 22 heavy (non-hydrogen) atoms. The summed E-state index contributed by atoms with van der Waals surface area (Å²) in [6.07, 6.45) is 1.40. The summed E-state index contributed by atoms with van der Waals surface area (Å²) in [6.45, 7) is 3.62. The molecular formula is C14H17N3O4S. The van der Waals surface area contributed by atoms with Gasteiger partial charge in [-0.15, -0.1) is 0 Å². The number of hydrogen-bond donors (Lipinski definition) is 2. The Bertz CT molecular complexity index is 618. The van der Waals surface area contributed by atoms with Crippen molar-refractivity contribution < 1.29 is 19.1 Å². The molecule has 0 unspecified atom stereocenters. The second-order valence-corrected chi connectivity index (χ2v) is 5.63. The molecule has 0 fully saturated rings. The molecule has 0 spiro atoms. The van der Waals surface area contributed by atoms with Gasteiger partial charge in [0.25, 0.3) is 5.03 Å². The Hall–Kier alpha value is -2.22. The van der Waals surface area contributed by atoms with Gasteiger partial charge in [0.1, 0.15) is 0 Å². The Morgan fingerprint density at radius 2 is 2.27 bits per heavy atom. The molecule has 0 bridgehead atoms. The summed E-state index contributed by atoms with van der Waals surface area (Å²) in [5.74, 6) is -0.119. The van der Waals surface area contributed by atoms with E-state index in [2.05, 4.69) is 10.6 Å². The van der Waals surface area contributed by atoms with Crippen molar-refractivity contribution in [2.45, 2.75) is 24.9 Å². The SMILES string of the molecule is CCOC(=O)C1=C(C)NC(=O)N[C@H]1CSc1cccc[n+]1[O-]. The number of nitrogens with zero attached hydrogens (tertiary/aromatic N) is 1. The lowest BCUT2D eigenvalue weighted by atomic mass is 10.1. The summed E-state index contributed by atoms with van der Waals surface area (Å²) in [5, 5.41) is 17.4. The van der Waals surface area contributed by atoms with Crippen molar-refractivity contribution in [1.82, 2.24) is 10.6 Å². The van der Waals surface area contributed by atoms with Crippen LogP contribution in [0.15, 0.2) is 40.7 Å². The Morgan fingerprint density at radius 1 is 1.50 bits per heavy atom. The Kier molecular flexibility index (Phi) is 5.26. The van der Waals surface area contributed by atoms with E-state index in [1.807, 2.05) is 0 Å². The number of carbonyl (C=O) groups excluding carboxylic acids is 2. The highest BCUT2D eigenvalue weighted by molar-refractivity contribution is 7.99. The molecule has 2 heterocycles. The topological polar surface area (TPSA) is 94.4 Å². The van der Waals surface area contributed by atoms with Crippen LogP contribution in [0.3, 0.4) is 0 Å². The van der Waals surface area contributed by atoms with Crippen molar-refractivity contribution >= 4 is 23.8 Å². The molecule has 2 amide bonds. The summed E-state index contributed by atoms with van der Waals surface area (Å²) < 4.78 is 5.77. The van der Waals surface area contributed by atoms with Gasteiger partial charge in [-0.3, -0.25) is 0 Å². The van der Waals surface area contributed by atoms with Crippen molar-refractivity contribution in [3.05, 3.63) is 40.9 Å². The number of carbonyl (C=O) groups is 2. The Balaban J connectivity index is 2.16. The van der Waals surface area contributed by atoms with Crippen molar-refractivity contribution in [2.75, 3.05) is 12.4 Å². The van der Waals surface area contributed by atoms with Gasteiger partial charge in [-0.1, -0.05) is 11.8 Å².